The molecule has 0 radical (unpaired) electrons. The molecule has 2 heteroatoms. The first-order chi connectivity index (χ1) is 4.23. The van der Waals surface area contributed by atoms with Crippen LogP contribution in [0.25, 0.3) is 0 Å². The van der Waals surface area contributed by atoms with E-state index in [0.29, 0.717) is 17.6 Å². The summed E-state index contributed by atoms with van der Waals surface area (Å²) < 4.78 is 5.33. The Morgan fingerprint density at radius 3 is 2.44 bits per heavy atom. The van der Waals surface area contributed by atoms with E-state index >= 15 is 0 Å². The van der Waals surface area contributed by atoms with Gasteiger partial charge in [0, 0.05) is 5.33 Å². The lowest BCUT2D eigenvalue weighted by molar-refractivity contribution is 0.217. The molecule has 0 amide bonds. The molecule has 2 rings (SSSR count). The van der Waals surface area contributed by atoms with E-state index in [4.69, 9.17) is 4.74 Å². The Kier molecular flexibility index (Phi) is 1.18. The maximum Gasteiger partial charge on any atom is 0.0847 e. The molecule has 52 valence electrons. The molecule has 1 saturated carbocycles. The molecule has 1 heterocycles. The van der Waals surface area contributed by atoms with E-state index in [9.17, 15) is 0 Å². The number of hydrogen-bond donors (Lipinski definition) is 0. The van der Waals surface area contributed by atoms with Crippen molar-refractivity contribution in [3.05, 3.63) is 0 Å². The summed E-state index contributed by atoms with van der Waals surface area (Å²) in [6.45, 7) is 2.33. The summed E-state index contributed by atoms with van der Waals surface area (Å²) in [6, 6.07) is 0. The van der Waals surface area contributed by atoms with E-state index < -0.39 is 0 Å². The van der Waals surface area contributed by atoms with Crippen molar-refractivity contribution in [1.82, 2.24) is 0 Å². The zero-order valence-electron chi connectivity index (χ0n) is 5.56. The number of fused-ring (bicyclic) bond motifs is 1. The van der Waals surface area contributed by atoms with Crippen LogP contribution in [0.3, 0.4) is 0 Å². The maximum atomic E-state index is 5.33. The van der Waals surface area contributed by atoms with Crippen molar-refractivity contribution in [3.8, 4) is 0 Å². The van der Waals surface area contributed by atoms with Gasteiger partial charge >= 0.3 is 0 Å². The molecule has 0 aromatic rings. The number of hydrogen-bond acceptors (Lipinski definition) is 1. The predicted octanol–water partition coefficient (Wildman–Crippen LogP) is 1.95. The van der Waals surface area contributed by atoms with Gasteiger partial charge < -0.3 is 4.74 Å². The Bertz CT molecular complexity index is 125. The number of alkyl halides is 1. The summed E-state index contributed by atoms with van der Waals surface area (Å²) in [5.74, 6) is 0. The van der Waals surface area contributed by atoms with Crippen LogP contribution in [0.4, 0.5) is 0 Å². The molecule has 0 aromatic carbocycles. The second-order valence-electron chi connectivity index (χ2n) is 3.57. The van der Waals surface area contributed by atoms with Gasteiger partial charge in [0.2, 0.25) is 0 Å². The highest BCUT2D eigenvalue weighted by Gasteiger charge is 2.52. The zero-order valence-corrected chi connectivity index (χ0v) is 7.15. The molecule has 2 fully saturated rings. The van der Waals surface area contributed by atoms with Crippen LogP contribution in [0, 0.1) is 5.41 Å². The Morgan fingerprint density at radius 2 is 2.11 bits per heavy atom. The topological polar surface area (TPSA) is 12.5 Å². The molecule has 0 bridgehead atoms. The molecule has 0 N–H and O–H groups in total. The average Bonchev–Trinajstić information content (AvgIpc) is 2.42. The maximum absolute atomic E-state index is 5.33. The summed E-state index contributed by atoms with van der Waals surface area (Å²) in [6.07, 6.45) is 3.80. The Labute approximate surface area is 63.9 Å². The molecular weight excluding hydrogens is 180 g/mol. The van der Waals surface area contributed by atoms with Crippen LogP contribution < -0.4 is 0 Å². The first kappa shape index (κ1) is 6.17. The van der Waals surface area contributed by atoms with Crippen molar-refractivity contribution in [2.24, 2.45) is 5.41 Å². The highest BCUT2D eigenvalue weighted by molar-refractivity contribution is 9.09. The number of epoxide rings is 1. The van der Waals surface area contributed by atoms with Crippen LogP contribution in [0.5, 0.6) is 0 Å². The Balaban J connectivity index is 2.02. The van der Waals surface area contributed by atoms with Gasteiger partial charge in [0.15, 0.2) is 0 Å². The summed E-state index contributed by atoms with van der Waals surface area (Å²) in [7, 11) is 0. The normalized spacial score (nSPS) is 55.3. The lowest BCUT2D eigenvalue weighted by Crippen LogP contribution is -2.16. The highest BCUT2D eigenvalue weighted by atomic mass is 79.9. The van der Waals surface area contributed by atoms with Crippen LogP contribution in [-0.4, -0.2) is 17.5 Å². The predicted molar refractivity (Wildman–Crippen MR) is 39.8 cm³/mol. The fourth-order valence-electron chi connectivity index (χ4n) is 1.70. The SMILES string of the molecule is CC1(CBr)CC2OC2C1. The van der Waals surface area contributed by atoms with Gasteiger partial charge in [-0.1, -0.05) is 22.9 Å². The molecule has 1 nitrogen and oxygen atoms in total. The van der Waals surface area contributed by atoms with E-state index in [2.05, 4.69) is 22.9 Å². The van der Waals surface area contributed by atoms with Crippen molar-refractivity contribution in [1.29, 1.82) is 0 Å². The standard InChI is InChI=1S/C7H11BrO/c1-7(4-8)2-5-6(3-7)9-5/h5-6H,2-4H2,1H3. The second-order valence-corrected chi connectivity index (χ2v) is 4.13. The molecule has 0 aromatic heterocycles. The minimum absolute atomic E-state index is 0.549. The van der Waals surface area contributed by atoms with Gasteiger partial charge in [-0.3, -0.25) is 0 Å². The van der Waals surface area contributed by atoms with Gasteiger partial charge in [-0.15, -0.1) is 0 Å². The van der Waals surface area contributed by atoms with E-state index in [-0.39, 0.29) is 0 Å². The Hall–Kier alpha value is 0.440. The van der Waals surface area contributed by atoms with Crippen molar-refractivity contribution in [2.75, 3.05) is 5.33 Å². The minimum Gasteiger partial charge on any atom is -0.370 e. The molecule has 1 saturated heterocycles. The quantitative estimate of drug-likeness (QED) is 0.455. The van der Waals surface area contributed by atoms with Crippen molar-refractivity contribution in [2.45, 2.75) is 32.0 Å². The lowest BCUT2D eigenvalue weighted by atomic mass is 9.91. The summed E-state index contributed by atoms with van der Waals surface area (Å²) >= 11 is 3.52. The monoisotopic (exact) mass is 190 g/mol. The van der Waals surface area contributed by atoms with Crippen LogP contribution >= 0.6 is 15.9 Å². The van der Waals surface area contributed by atoms with Crippen molar-refractivity contribution >= 4 is 15.9 Å². The van der Waals surface area contributed by atoms with E-state index in [1.165, 1.54) is 12.8 Å². The number of ether oxygens (including phenoxy) is 1. The fourth-order valence-corrected chi connectivity index (χ4v) is 2.16. The number of rotatable bonds is 1. The second kappa shape index (κ2) is 1.73. The van der Waals surface area contributed by atoms with Crippen LogP contribution in [0.2, 0.25) is 0 Å². The lowest BCUT2D eigenvalue weighted by Gasteiger charge is -2.21. The van der Waals surface area contributed by atoms with Crippen molar-refractivity contribution < 1.29 is 4.74 Å². The van der Waals surface area contributed by atoms with Gasteiger partial charge in [-0.2, -0.15) is 0 Å². The zero-order chi connectivity index (χ0) is 6.48. The van der Waals surface area contributed by atoms with Crippen LogP contribution in [0.1, 0.15) is 19.8 Å². The molecule has 1 aliphatic heterocycles. The first-order valence-electron chi connectivity index (χ1n) is 3.45. The molecule has 9 heavy (non-hydrogen) atoms. The van der Waals surface area contributed by atoms with E-state index in [1.807, 2.05) is 0 Å². The van der Waals surface area contributed by atoms with Gasteiger partial charge in [-0.05, 0) is 18.3 Å². The molecule has 2 unspecified atom stereocenters. The molecule has 0 spiro atoms. The highest BCUT2D eigenvalue weighted by Crippen LogP contribution is 2.50. The largest absolute Gasteiger partial charge is 0.370 e. The van der Waals surface area contributed by atoms with Gasteiger partial charge in [-0.25, -0.2) is 0 Å². The van der Waals surface area contributed by atoms with E-state index in [1.54, 1.807) is 0 Å². The van der Waals surface area contributed by atoms with Gasteiger partial charge in [0.25, 0.3) is 0 Å². The molecular formula is C7H11BrO. The van der Waals surface area contributed by atoms with Crippen LogP contribution in [-0.2, 0) is 4.74 Å². The third-order valence-corrected chi connectivity index (χ3v) is 3.75. The van der Waals surface area contributed by atoms with Gasteiger partial charge in [0.1, 0.15) is 0 Å². The molecule has 2 atom stereocenters. The van der Waals surface area contributed by atoms with E-state index in [0.717, 1.165) is 5.33 Å². The summed E-state index contributed by atoms with van der Waals surface area (Å²) in [4.78, 5) is 0. The van der Waals surface area contributed by atoms with Crippen molar-refractivity contribution in [3.63, 3.8) is 0 Å². The fraction of sp³-hybridized carbons (Fsp3) is 1.00. The minimum atomic E-state index is 0.549. The number of halogens is 1. The molecule has 1 aliphatic carbocycles. The van der Waals surface area contributed by atoms with Crippen LogP contribution in [0.15, 0.2) is 0 Å². The third-order valence-electron chi connectivity index (χ3n) is 2.40. The molecule has 2 aliphatic rings. The average molecular weight is 191 g/mol. The Morgan fingerprint density at radius 1 is 1.56 bits per heavy atom. The summed E-state index contributed by atoms with van der Waals surface area (Å²) in [5.41, 5.74) is 0.549. The smallest absolute Gasteiger partial charge is 0.0847 e. The summed E-state index contributed by atoms with van der Waals surface area (Å²) in [5, 5.41) is 1.14. The third kappa shape index (κ3) is 0.926. The first-order valence-corrected chi connectivity index (χ1v) is 4.57. The van der Waals surface area contributed by atoms with Gasteiger partial charge in [0.05, 0.1) is 12.2 Å².